The van der Waals surface area contributed by atoms with Gasteiger partial charge in [0.1, 0.15) is 0 Å². The third-order valence-electron chi connectivity index (χ3n) is 5.62. The molecule has 0 fully saturated rings. The van der Waals surface area contributed by atoms with Gasteiger partial charge in [0.2, 0.25) is 0 Å². The van der Waals surface area contributed by atoms with Crippen LogP contribution in [0.5, 0.6) is 0 Å². The second kappa shape index (κ2) is 9.42. The molecule has 0 radical (unpaired) electrons. The standard InChI is InChI=1S/C24H24N4O6/c1-15(2)13-27-23(30)19-8-4-3-7-18(19)22(25-27)24(31)34-14-21(29)26-11-5-6-16-12-17(28(32)33)9-10-20(16)26/h3-4,7-10,12,15H,5-6,11,13-14H2,1-2H3. The van der Waals surface area contributed by atoms with Crippen LogP contribution in [0.2, 0.25) is 0 Å². The van der Waals surface area contributed by atoms with Crippen molar-refractivity contribution in [2.45, 2.75) is 33.2 Å². The summed E-state index contributed by atoms with van der Waals surface area (Å²) in [5, 5.41) is 16.0. The normalized spacial score (nSPS) is 13.1. The van der Waals surface area contributed by atoms with Crippen LogP contribution in [-0.2, 0) is 22.5 Å². The van der Waals surface area contributed by atoms with E-state index in [0.29, 0.717) is 48.0 Å². The maximum absolute atomic E-state index is 12.9. The first kappa shape index (κ1) is 23.1. The molecule has 1 amide bonds. The summed E-state index contributed by atoms with van der Waals surface area (Å²) in [4.78, 5) is 50.6. The highest BCUT2D eigenvalue weighted by molar-refractivity contribution is 6.03. The number of fused-ring (bicyclic) bond motifs is 2. The monoisotopic (exact) mass is 464 g/mol. The average molecular weight is 464 g/mol. The number of carbonyl (C=O) groups is 2. The number of esters is 1. The highest BCUT2D eigenvalue weighted by atomic mass is 16.6. The molecule has 0 saturated carbocycles. The Bertz CT molecular complexity index is 1350. The van der Waals surface area contributed by atoms with E-state index in [-0.39, 0.29) is 22.9 Å². The van der Waals surface area contributed by atoms with Crippen LogP contribution in [0.1, 0.15) is 36.3 Å². The summed E-state index contributed by atoms with van der Waals surface area (Å²) in [6, 6.07) is 11.0. The van der Waals surface area contributed by atoms with E-state index in [1.807, 2.05) is 13.8 Å². The Kier molecular flexibility index (Phi) is 6.40. The van der Waals surface area contributed by atoms with Gasteiger partial charge in [-0.1, -0.05) is 32.0 Å². The van der Waals surface area contributed by atoms with Gasteiger partial charge in [-0.25, -0.2) is 9.48 Å². The number of rotatable bonds is 6. The van der Waals surface area contributed by atoms with Crippen LogP contribution in [0.4, 0.5) is 11.4 Å². The molecule has 0 saturated heterocycles. The van der Waals surface area contributed by atoms with E-state index in [0.717, 1.165) is 0 Å². The lowest BCUT2D eigenvalue weighted by atomic mass is 10.0. The van der Waals surface area contributed by atoms with Gasteiger partial charge in [0, 0.05) is 36.3 Å². The van der Waals surface area contributed by atoms with Crippen molar-refractivity contribution in [2.75, 3.05) is 18.1 Å². The number of non-ortho nitro benzene ring substituents is 1. The highest BCUT2D eigenvalue weighted by Crippen LogP contribution is 2.30. The van der Waals surface area contributed by atoms with Gasteiger partial charge >= 0.3 is 5.97 Å². The van der Waals surface area contributed by atoms with Crippen molar-refractivity contribution in [3.8, 4) is 0 Å². The number of anilines is 1. The van der Waals surface area contributed by atoms with Crippen molar-refractivity contribution in [2.24, 2.45) is 5.92 Å². The average Bonchev–Trinajstić information content (AvgIpc) is 2.83. The third kappa shape index (κ3) is 4.52. The van der Waals surface area contributed by atoms with Gasteiger partial charge in [-0.15, -0.1) is 0 Å². The Balaban J connectivity index is 1.56. The lowest BCUT2D eigenvalue weighted by Gasteiger charge is -2.29. The molecular formula is C24H24N4O6. The van der Waals surface area contributed by atoms with Gasteiger partial charge in [0.25, 0.3) is 17.2 Å². The Morgan fingerprint density at radius 2 is 1.91 bits per heavy atom. The summed E-state index contributed by atoms with van der Waals surface area (Å²) in [6.45, 7) is 4.10. The Morgan fingerprint density at radius 1 is 1.18 bits per heavy atom. The third-order valence-corrected chi connectivity index (χ3v) is 5.62. The number of amides is 1. The molecule has 0 atom stereocenters. The lowest BCUT2D eigenvalue weighted by molar-refractivity contribution is -0.384. The number of aryl methyl sites for hydroxylation is 1. The Hall–Kier alpha value is -4.08. The molecule has 10 heteroatoms. The van der Waals surface area contributed by atoms with Crippen molar-refractivity contribution >= 4 is 34.0 Å². The van der Waals surface area contributed by atoms with Crippen molar-refractivity contribution in [3.05, 3.63) is 74.2 Å². The number of ether oxygens (including phenoxy) is 1. The van der Waals surface area contributed by atoms with E-state index < -0.39 is 23.4 Å². The van der Waals surface area contributed by atoms with Gasteiger partial charge in [-0.05, 0) is 36.5 Å². The number of benzene rings is 2. The Labute approximate surface area is 194 Å². The van der Waals surface area contributed by atoms with Crippen LogP contribution in [0, 0.1) is 16.0 Å². The van der Waals surface area contributed by atoms with E-state index >= 15 is 0 Å². The van der Waals surface area contributed by atoms with Gasteiger partial charge in [-0.2, -0.15) is 5.10 Å². The second-order valence-corrected chi connectivity index (χ2v) is 8.57. The summed E-state index contributed by atoms with van der Waals surface area (Å²) < 4.78 is 6.56. The molecule has 0 N–H and O–H groups in total. The molecule has 2 aromatic carbocycles. The molecule has 4 rings (SSSR count). The van der Waals surface area contributed by atoms with E-state index in [1.54, 1.807) is 30.3 Å². The van der Waals surface area contributed by atoms with Gasteiger partial charge in [0.15, 0.2) is 12.3 Å². The predicted octanol–water partition coefficient (Wildman–Crippen LogP) is 3.10. The summed E-state index contributed by atoms with van der Waals surface area (Å²) in [5.74, 6) is -1.11. The first-order valence-electron chi connectivity index (χ1n) is 11.0. The van der Waals surface area contributed by atoms with Crippen LogP contribution in [0.15, 0.2) is 47.3 Å². The zero-order valence-electron chi connectivity index (χ0n) is 18.9. The lowest BCUT2D eigenvalue weighted by Crippen LogP contribution is -2.38. The fourth-order valence-corrected chi connectivity index (χ4v) is 4.09. The maximum atomic E-state index is 12.9. The molecule has 1 aromatic heterocycles. The van der Waals surface area contributed by atoms with E-state index in [4.69, 9.17) is 4.74 Å². The molecule has 34 heavy (non-hydrogen) atoms. The largest absolute Gasteiger partial charge is 0.451 e. The van der Waals surface area contributed by atoms with Crippen LogP contribution in [0.3, 0.4) is 0 Å². The molecular weight excluding hydrogens is 440 g/mol. The molecule has 1 aliphatic heterocycles. The number of nitro groups is 1. The van der Waals surface area contributed by atoms with Crippen molar-refractivity contribution in [1.29, 1.82) is 0 Å². The quantitative estimate of drug-likeness (QED) is 0.312. The molecule has 1 aliphatic rings. The number of hydrogen-bond acceptors (Lipinski definition) is 7. The summed E-state index contributed by atoms with van der Waals surface area (Å²) in [5.41, 5.74) is 0.920. The summed E-state index contributed by atoms with van der Waals surface area (Å²) in [6.07, 6.45) is 1.26. The van der Waals surface area contributed by atoms with Gasteiger partial charge in [0.05, 0.1) is 10.3 Å². The zero-order chi connectivity index (χ0) is 24.4. The number of hydrogen-bond donors (Lipinski definition) is 0. The second-order valence-electron chi connectivity index (χ2n) is 8.57. The number of nitro benzene ring substituents is 1. The van der Waals surface area contributed by atoms with E-state index in [1.165, 1.54) is 21.7 Å². The molecule has 0 unspecified atom stereocenters. The molecule has 2 heterocycles. The van der Waals surface area contributed by atoms with Crippen LogP contribution in [-0.4, -0.2) is 39.7 Å². The number of carbonyl (C=O) groups excluding carboxylic acids is 2. The molecule has 176 valence electrons. The van der Waals surface area contributed by atoms with E-state index in [2.05, 4.69) is 5.10 Å². The van der Waals surface area contributed by atoms with Crippen LogP contribution >= 0.6 is 0 Å². The van der Waals surface area contributed by atoms with Gasteiger partial charge in [-0.3, -0.25) is 19.7 Å². The zero-order valence-corrected chi connectivity index (χ0v) is 18.9. The minimum Gasteiger partial charge on any atom is -0.451 e. The highest BCUT2D eigenvalue weighted by Gasteiger charge is 2.26. The minimum atomic E-state index is -0.803. The maximum Gasteiger partial charge on any atom is 0.359 e. The SMILES string of the molecule is CC(C)Cn1nc(C(=O)OCC(=O)N2CCCc3cc([N+](=O)[O-])ccc32)c2ccccc2c1=O. The summed E-state index contributed by atoms with van der Waals surface area (Å²) in [7, 11) is 0. The summed E-state index contributed by atoms with van der Waals surface area (Å²) >= 11 is 0. The molecule has 0 spiro atoms. The van der Waals surface area contributed by atoms with Gasteiger partial charge < -0.3 is 9.64 Å². The first-order valence-corrected chi connectivity index (χ1v) is 11.0. The molecule has 0 aliphatic carbocycles. The van der Waals surface area contributed by atoms with Crippen molar-refractivity contribution < 1.29 is 19.2 Å². The Morgan fingerprint density at radius 3 is 2.62 bits per heavy atom. The minimum absolute atomic E-state index is 0.0293. The van der Waals surface area contributed by atoms with Crippen LogP contribution in [0.25, 0.3) is 10.8 Å². The number of aromatic nitrogens is 2. The van der Waals surface area contributed by atoms with E-state index in [9.17, 15) is 24.5 Å². The van der Waals surface area contributed by atoms with Crippen molar-refractivity contribution in [3.63, 3.8) is 0 Å². The fourth-order valence-electron chi connectivity index (χ4n) is 4.09. The topological polar surface area (TPSA) is 125 Å². The fraction of sp³-hybridized carbons (Fsp3) is 0.333. The smallest absolute Gasteiger partial charge is 0.359 e. The molecule has 0 bridgehead atoms. The molecule has 3 aromatic rings. The van der Waals surface area contributed by atoms with Crippen molar-refractivity contribution in [1.82, 2.24) is 9.78 Å². The first-order chi connectivity index (χ1) is 16.3. The van der Waals surface area contributed by atoms with Crippen LogP contribution < -0.4 is 10.5 Å². The molecule has 10 nitrogen and oxygen atoms in total. The number of nitrogens with zero attached hydrogens (tertiary/aromatic N) is 4. The predicted molar refractivity (Wildman–Crippen MR) is 125 cm³/mol.